The van der Waals surface area contributed by atoms with Crippen LogP contribution in [-0.2, 0) is 0 Å². The Kier molecular flexibility index (Phi) is 4.79. The number of pyridine rings is 1. The molecule has 0 atom stereocenters. The van der Waals surface area contributed by atoms with Crippen LogP contribution in [0.25, 0.3) is 11.5 Å². The maximum Gasteiger partial charge on any atom is 0.320 e. The molecule has 1 amide bonds. The molecule has 0 aliphatic heterocycles. The van der Waals surface area contributed by atoms with Crippen LogP contribution in [-0.4, -0.2) is 21.1 Å². The van der Waals surface area contributed by atoms with Crippen LogP contribution < -0.4 is 10.6 Å². The number of amides is 1. The third kappa shape index (κ3) is 4.04. The normalized spacial score (nSPS) is 10.5. The van der Waals surface area contributed by atoms with Gasteiger partial charge < -0.3 is 15.1 Å². The monoisotopic (exact) mass is 371 g/mol. The summed E-state index contributed by atoms with van der Waals surface area (Å²) in [5.74, 6) is 0.170. The summed E-state index contributed by atoms with van der Waals surface area (Å²) in [7, 11) is 0. The van der Waals surface area contributed by atoms with E-state index in [0.29, 0.717) is 23.2 Å². The highest BCUT2D eigenvalue weighted by atomic mass is 16.4. The highest BCUT2D eigenvalue weighted by Gasteiger charge is 2.10. The number of carbonyl (C=O) groups excluding carboxylic acids is 1. The maximum atomic E-state index is 12.2. The number of rotatable bonds is 5. The predicted molar refractivity (Wildman–Crippen MR) is 106 cm³/mol. The number of nitrogens with zero attached hydrogens (tertiary/aromatic N) is 3. The van der Waals surface area contributed by atoms with Gasteiger partial charge in [0.1, 0.15) is 0 Å². The van der Waals surface area contributed by atoms with Crippen molar-refractivity contribution in [2.24, 2.45) is 0 Å². The number of carbonyl (C=O) groups is 1. The summed E-state index contributed by atoms with van der Waals surface area (Å²) in [5.41, 5.74) is 3.92. The van der Waals surface area contributed by atoms with Crippen molar-refractivity contribution in [2.75, 3.05) is 10.6 Å². The lowest BCUT2D eigenvalue weighted by Crippen LogP contribution is -2.11. The van der Waals surface area contributed by atoms with Gasteiger partial charge in [-0.15, -0.1) is 5.10 Å². The molecule has 2 heterocycles. The zero-order chi connectivity index (χ0) is 19.3. The van der Waals surface area contributed by atoms with Gasteiger partial charge in [-0.3, -0.25) is 9.78 Å². The van der Waals surface area contributed by atoms with E-state index in [-0.39, 0.29) is 5.91 Å². The molecule has 7 nitrogen and oxygen atoms in total. The van der Waals surface area contributed by atoms with Crippen molar-refractivity contribution >= 4 is 23.3 Å². The van der Waals surface area contributed by atoms with E-state index in [2.05, 4.69) is 25.8 Å². The third-order valence-electron chi connectivity index (χ3n) is 4.01. The van der Waals surface area contributed by atoms with Crippen LogP contribution in [0.1, 0.15) is 15.9 Å². The molecule has 0 radical (unpaired) electrons. The van der Waals surface area contributed by atoms with Crippen LogP contribution in [0.2, 0.25) is 0 Å². The van der Waals surface area contributed by atoms with Gasteiger partial charge in [-0.05, 0) is 61.0 Å². The Morgan fingerprint density at radius 1 is 0.964 bits per heavy atom. The van der Waals surface area contributed by atoms with E-state index in [1.807, 2.05) is 43.3 Å². The number of aryl methyl sites for hydroxylation is 1. The van der Waals surface area contributed by atoms with Gasteiger partial charge in [-0.25, -0.2) is 0 Å². The maximum absolute atomic E-state index is 12.2. The Morgan fingerprint density at radius 3 is 2.57 bits per heavy atom. The van der Waals surface area contributed by atoms with Crippen LogP contribution in [0, 0.1) is 6.92 Å². The average molecular weight is 371 g/mol. The van der Waals surface area contributed by atoms with Gasteiger partial charge in [0.2, 0.25) is 5.89 Å². The number of hydrogen-bond acceptors (Lipinski definition) is 6. The van der Waals surface area contributed by atoms with Crippen molar-refractivity contribution in [2.45, 2.75) is 6.92 Å². The zero-order valence-corrected chi connectivity index (χ0v) is 15.1. The molecule has 0 spiro atoms. The van der Waals surface area contributed by atoms with Gasteiger partial charge in [0.25, 0.3) is 5.91 Å². The summed E-state index contributed by atoms with van der Waals surface area (Å²) in [6, 6.07) is 18.8. The molecule has 4 aromatic rings. The van der Waals surface area contributed by atoms with E-state index in [1.54, 1.807) is 30.5 Å². The van der Waals surface area contributed by atoms with Crippen molar-refractivity contribution in [3.63, 3.8) is 0 Å². The van der Waals surface area contributed by atoms with Crippen LogP contribution in [0.15, 0.2) is 77.5 Å². The Morgan fingerprint density at radius 2 is 1.82 bits per heavy atom. The number of hydrogen-bond donors (Lipinski definition) is 2. The van der Waals surface area contributed by atoms with E-state index in [0.717, 1.165) is 16.8 Å². The quantitative estimate of drug-likeness (QED) is 0.539. The molecule has 2 aromatic heterocycles. The topological polar surface area (TPSA) is 92.9 Å². The first-order valence-corrected chi connectivity index (χ1v) is 8.66. The number of nitrogens with one attached hydrogen (secondary N) is 2. The summed E-state index contributed by atoms with van der Waals surface area (Å²) in [5, 5.41) is 14.0. The lowest BCUT2D eigenvalue weighted by Gasteiger charge is -2.05. The minimum Gasteiger partial charge on any atom is -0.403 e. The Bertz CT molecular complexity index is 1090. The van der Waals surface area contributed by atoms with Gasteiger partial charge in [-0.2, -0.15) is 0 Å². The van der Waals surface area contributed by atoms with Crippen molar-refractivity contribution in [1.29, 1.82) is 0 Å². The summed E-state index contributed by atoms with van der Waals surface area (Å²) in [6.07, 6.45) is 3.14. The SMILES string of the molecule is Cc1cccc(Nc2nnc(-c3ccc(NC(=O)c4cccnc4)cc3)o2)c1. The lowest BCUT2D eigenvalue weighted by molar-refractivity contribution is 0.102. The molecule has 0 fully saturated rings. The van der Waals surface area contributed by atoms with Crippen molar-refractivity contribution < 1.29 is 9.21 Å². The van der Waals surface area contributed by atoms with Crippen LogP contribution in [0.4, 0.5) is 17.4 Å². The van der Waals surface area contributed by atoms with Crippen LogP contribution in [0.5, 0.6) is 0 Å². The molecule has 7 heteroatoms. The average Bonchev–Trinajstić information content (AvgIpc) is 3.18. The highest BCUT2D eigenvalue weighted by Crippen LogP contribution is 2.24. The lowest BCUT2D eigenvalue weighted by atomic mass is 10.2. The summed E-state index contributed by atoms with van der Waals surface area (Å²) in [6.45, 7) is 2.01. The standard InChI is InChI=1S/C21H17N5O2/c1-14-4-2-6-18(12-14)24-21-26-25-20(28-21)15-7-9-17(10-8-15)23-19(27)16-5-3-11-22-13-16/h2-13H,1H3,(H,23,27)(H,24,26). The summed E-state index contributed by atoms with van der Waals surface area (Å²) >= 11 is 0. The molecule has 0 unspecified atom stereocenters. The predicted octanol–water partition coefficient (Wildman–Crippen LogP) is 4.44. The van der Waals surface area contributed by atoms with Crippen LogP contribution in [0.3, 0.4) is 0 Å². The molecular weight excluding hydrogens is 354 g/mol. The Hall–Kier alpha value is -4.00. The largest absolute Gasteiger partial charge is 0.403 e. The van der Waals surface area contributed by atoms with Gasteiger partial charge in [-0.1, -0.05) is 17.2 Å². The minimum absolute atomic E-state index is 0.219. The molecule has 4 rings (SSSR count). The van der Waals surface area contributed by atoms with Gasteiger partial charge in [0.05, 0.1) is 5.56 Å². The van der Waals surface area contributed by atoms with E-state index in [9.17, 15) is 4.79 Å². The van der Waals surface area contributed by atoms with Crippen molar-refractivity contribution in [3.8, 4) is 11.5 Å². The fraction of sp³-hybridized carbons (Fsp3) is 0.0476. The zero-order valence-electron chi connectivity index (χ0n) is 15.1. The molecule has 138 valence electrons. The van der Waals surface area contributed by atoms with E-state index in [1.165, 1.54) is 6.20 Å². The van der Waals surface area contributed by atoms with Gasteiger partial charge in [0.15, 0.2) is 0 Å². The molecule has 0 saturated heterocycles. The molecule has 0 saturated carbocycles. The van der Waals surface area contributed by atoms with Crippen molar-refractivity contribution in [1.82, 2.24) is 15.2 Å². The molecule has 28 heavy (non-hydrogen) atoms. The second-order valence-electron chi connectivity index (χ2n) is 6.18. The second kappa shape index (κ2) is 7.71. The molecule has 0 aliphatic rings. The van der Waals surface area contributed by atoms with Gasteiger partial charge >= 0.3 is 6.01 Å². The first kappa shape index (κ1) is 17.4. The van der Waals surface area contributed by atoms with Gasteiger partial charge in [0, 0.05) is 29.3 Å². The second-order valence-corrected chi connectivity index (χ2v) is 6.18. The molecule has 2 aromatic carbocycles. The Labute approximate surface area is 161 Å². The van der Waals surface area contributed by atoms with E-state index >= 15 is 0 Å². The molecule has 0 aliphatic carbocycles. The number of anilines is 3. The summed E-state index contributed by atoms with van der Waals surface area (Å²) < 4.78 is 5.67. The minimum atomic E-state index is -0.219. The third-order valence-corrected chi connectivity index (χ3v) is 4.01. The van der Waals surface area contributed by atoms with Crippen LogP contribution >= 0.6 is 0 Å². The van der Waals surface area contributed by atoms with Crippen molar-refractivity contribution in [3.05, 3.63) is 84.2 Å². The first-order chi connectivity index (χ1) is 13.7. The molecule has 0 bridgehead atoms. The number of aromatic nitrogens is 3. The number of benzene rings is 2. The fourth-order valence-electron chi connectivity index (χ4n) is 2.63. The first-order valence-electron chi connectivity index (χ1n) is 8.66. The smallest absolute Gasteiger partial charge is 0.320 e. The van der Waals surface area contributed by atoms with E-state index in [4.69, 9.17) is 4.42 Å². The fourth-order valence-corrected chi connectivity index (χ4v) is 2.63. The highest BCUT2D eigenvalue weighted by molar-refractivity contribution is 6.04. The van der Waals surface area contributed by atoms with E-state index < -0.39 is 0 Å². The molecule has 2 N–H and O–H groups in total. The summed E-state index contributed by atoms with van der Waals surface area (Å²) in [4.78, 5) is 16.1. The molecular formula is C21H17N5O2. The Balaban J connectivity index is 1.44.